The number of unbranched alkanes of at least 4 members (excludes halogenated alkanes) is 2. The van der Waals surface area contributed by atoms with Gasteiger partial charge >= 0.3 is 11.9 Å². The Morgan fingerprint density at radius 3 is 1.58 bits per heavy atom. The summed E-state index contributed by atoms with van der Waals surface area (Å²) < 4.78 is 10.3. The van der Waals surface area contributed by atoms with E-state index in [0.29, 0.717) is 24.0 Å². The van der Waals surface area contributed by atoms with Crippen LogP contribution in [0.25, 0.3) is 0 Å². The van der Waals surface area contributed by atoms with E-state index in [1.54, 1.807) is 0 Å². The van der Waals surface area contributed by atoms with Crippen LogP contribution in [0.5, 0.6) is 0 Å². The minimum absolute atomic E-state index is 0.0177. The Balaban J connectivity index is 1.53. The second-order valence-electron chi connectivity index (χ2n) is 5.31. The fourth-order valence-electron chi connectivity index (χ4n) is 2.51. The average Bonchev–Trinajstić information content (AvgIpc) is 2.83. The number of cyclic esters (lactones) is 2. The van der Waals surface area contributed by atoms with Crippen LogP contribution in [0.4, 0.5) is 0 Å². The van der Waals surface area contributed by atoms with Crippen molar-refractivity contribution in [2.24, 2.45) is 0 Å². The first-order valence-electron chi connectivity index (χ1n) is 6.84. The van der Waals surface area contributed by atoms with E-state index in [9.17, 15) is 9.59 Å². The Labute approximate surface area is 113 Å². The van der Waals surface area contributed by atoms with E-state index in [4.69, 9.17) is 9.47 Å². The van der Waals surface area contributed by atoms with Gasteiger partial charge < -0.3 is 9.47 Å². The Bertz CT molecular complexity index is 340. The van der Waals surface area contributed by atoms with Crippen LogP contribution in [0.1, 0.15) is 44.9 Å². The third-order valence-corrected chi connectivity index (χ3v) is 3.63. The van der Waals surface area contributed by atoms with Crippen molar-refractivity contribution in [1.29, 1.82) is 0 Å². The summed E-state index contributed by atoms with van der Waals surface area (Å²) >= 11 is 0. The molecular weight excluding hydrogens is 244 g/mol. The molecule has 0 N–H and O–H groups in total. The van der Waals surface area contributed by atoms with Crippen molar-refractivity contribution < 1.29 is 19.1 Å². The average molecular weight is 264 g/mol. The first-order chi connectivity index (χ1) is 9.06. The third kappa shape index (κ3) is 3.69. The van der Waals surface area contributed by atoms with Crippen molar-refractivity contribution in [2.45, 2.75) is 57.2 Å². The summed E-state index contributed by atoms with van der Waals surface area (Å²) in [4.78, 5) is 22.3. The monoisotopic (exact) mass is 264 g/mol. The minimum atomic E-state index is -0.249. The minimum Gasteiger partial charge on any atom is -0.459 e. The van der Waals surface area contributed by atoms with Crippen LogP contribution in [0.3, 0.4) is 0 Å². The van der Waals surface area contributed by atoms with Crippen LogP contribution in [-0.2, 0) is 19.1 Å². The van der Waals surface area contributed by atoms with Gasteiger partial charge in [-0.2, -0.15) is 0 Å². The van der Waals surface area contributed by atoms with Gasteiger partial charge in [-0.25, -0.2) is 9.59 Å². The summed E-state index contributed by atoms with van der Waals surface area (Å²) in [7, 11) is 0. The van der Waals surface area contributed by atoms with Gasteiger partial charge in [0.2, 0.25) is 0 Å². The lowest BCUT2D eigenvalue weighted by atomic mass is 10.0. The van der Waals surface area contributed by atoms with Gasteiger partial charge in [0, 0.05) is 24.0 Å². The van der Waals surface area contributed by atoms with Gasteiger partial charge in [0.25, 0.3) is 0 Å². The Morgan fingerprint density at radius 2 is 1.26 bits per heavy atom. The number of carbonyl (C=O) groups is 2. The molecule has 0 bridgehead atoms. The maximum absolute atomic E-state index is 11.1. The highest BCUT2D eigenvalue weighted by molar-refractivity contribution is 5.90. The maximum atomic E-state index is 11.1. The molecule has 2 fully saturated rings. The summed E-state index contributed by atoms with van der Waals surface area (Å²) in [6.45, 7) is 7.33. The molecule has 0 unspecified atom stereocenters. The van der Waals surface area contributed by atoms with E-state index >= 15 is 0 Å². The molecule has 104 valence electrons. The first kappa shape index (κ1) is 13.8. The lowest BCUT2D eigenvalue weighted by Gasteiger charge is -2.10. The number of carbonyl (C=O) groups excluding carboxylic acids is 2. The molecule has 0 saturated carbocycles. The molecule has 4 heteroatoms. The number of hydrogen-bond acceptors (Lipinski definition) is 4. The quantitative estimate of drug-likeness (QED) is 0.420. The van der Waals surface area contributed by atoms with Gasteiger partial charge in [-0.15, -0.1) is 0 Å². The van der Waals surface area contributed by atoms with Crippen molar-refractivity contribution >= 4 is 11.9 Å². The summed E-state index contributed by atoms with van der Waals surface area (Å²) in [5.74, 6) is -0.497. The van der Waals surface area contributed by atoms with Gasteiger partial charge in [-0.1, -0.05) is 19.6 Å². The summed E-state index contributed by atoms with van der Waals surface area (Å²) in [5, 5.41) is 0. The largest absolute Gasteiger partial charge is 0.459 e. The van der Waals surface area contributed by atoms with Crippen molar-refractivity contribution in [1.82, 2.24) is 0 Å². The van der Waals surface area contributed by atoms with E-state index < -0.39 is 0 Å². The molecule has 0 radical (unpaired) electrons. The summed E-state index contributed by atoms with van der Waals surface area (Å²) in [6, 6.07) is 0. The van der Waals surface area contributed by atoms with E-state index in [-0.39, 0.29) is 24.1 Å². The van der Waals surface area contributed by atoms with E-state index in [2.05, 4.69) is 13.2 Å². The zero-order chi connectivity index (χ0) is 13.8. The van der Waals surface area contributed by atoms with Crippen LogP contribution < -0.4 is 0 Å². The lowest BCUT2D eigenvalue weighted by Crippen LogP contribution is -2.08. The highest BCUT2D eigenvalue weighted by Gasteiger charge is 2.27. The van der Waals surface area contributed by atoms with Gasteiger partial charge in [-0.3, -0.25) is 0 Å². The molecule has 4 nitrogen and oxygen atoms in total. The Kier molecular flexibility index (Phi) is 4.40. The topological polar surface area (TPSA) is 52.6 Å². The fraction of sp³-hybridized carbons (Fsp3) is 0.600. The number of esters is 2. The highest BCUT2D eigenvalue weighted by atomic mass is 16.6. The predicted molar refractivity (Wildman–Crippen MR) is 70.4 cm³/mol. The molecule has 2 heterocycles. The Hall–Kier alpha value is -1.58. The van der Waals surface area contributed by atoms with Crippen LogP contribution in [0, 0.1) is 0 Å². The van der Waals surface area contributed by atoms with Gasteiger partial charge in [0.1, 0.15) is 12.2 Å². The molecule has 0 aliphatic carbocycles. The van der Waals surface area contributed by atoms with E-state index in [0.717, 1.165) is 32.1 Å². The summed E-state index contributed by atoms with van der Waals surface area (Å²) in [6.07, 6.45) is 6.25. The second-order valence-corrected chi connectivity index (χ2v) is 5.31. The zero-order valence-electron chi connectivity index (χ0n) is 11.2. The number of rotatable bonds is 6. The second kappa shape index (κ2) is 6.04. The smallest absolute Gasteiger partial charge is 0.333 e. The molecule has 0 spiro atoms. The first-order valence-corrected chi connectivity index (χ1v) is 6.84. The number of ether oxygens (including phenoxy) is 2. The molecule has 19 heavy (non-hydrogen) atoms. The van der Waals surface area contributed by atoms with E-state index in [1.165, 1.54) is 0 Å². The van der Waals surface area contributed by atoms with E-state index in [1.807, 2.05) is 0 Å². The van der Waals surface area contributed by atoms with Crippen molar-refractivity contribution in [3.63, 3.8) is 0 Å². The lowest BCUT2D eigenvalue weighted by molar-refractivity contribution is -0.139. The fourth-order valence-corrected chi connectivity index (χ4v) is 2.51. The molecule has 2 rings (SSSR count). The molecule has 2 aliphatic rings. The normalized spacial score (nSPS) is 26.7. The van der Waals surface area contributed by atoms with Gasteiger partial charge in [-0.05, 0) is 25.7 Å². The predicted octanol–water partition coefficient (Wildman–Crippen LogP) is 2.68. The van der Waals surface area contributed by atoms with Crippen LogP contribution >= 0.6 is 0 Å². The molecule has 0 amide bonds. The van der Waals surface area contributed by atoms with Crippen LogP contribution in [-0.4, -0.2) is 24.1 Å². The number of hydrogen-bond donors (Lipinski definition) is 0. The molecule has 0 aromatic rings. The Morgan fingerprint density at radius 1 is 0.842 bits per heavy atom. The molecule has 2 atom stereocenters. The molecule has 0 aromatic heterocycles. The molecule has 2 aliphatic heterocycles. The van der Waals surface area contributed by atoms with Crippen molar-refractivity contribution in [2.75, 3.05) is 0 Å². The van der Waals surface area contributed by atoms with Crippen molar-refractivity contribution in [3.8, 4) is 0 Å². The standard InChI is InChI=1S/C15H20O4/c1-10-8-12(18-14(10)16)6-4-3-5-7-13-9-11(2)15(17)19-13/h12-13H,1-9H2/t12-,13-/m1/s1. The third-order valence-electron chi connectivity index (χ3n) is 3.63. The maximum Gasteiger partial charge on any atom is 0.333 e. The molecule has 2 saturated heterocycles. The summed E-state index contributed by atoms with van der Waals surface area (Å²) in [5.41, 5.74) is 1.17. The van der Waals surface area contributed by atoms with Gasteiger partial charge in [0.15, 0.2) is 0 Å². The van der Waals surface area contributed by atoms with Crippen LogP contribution in [0.15, 0.2) is 24.3 Å². The highest BCUT2D eigenvalue weighted by Crippen LogP contribution is 2.25. The van der Waals surface area contributed by atoms with Crippen molar-refractivity contribution in [3.05, 3.63) is 24.3 Å². The SMILES string of the molecule is C=C1C[C@@H](CCCCC[C@@H]2CC(=C)C(=O)O2)OC1=O. The van der Waals surface area contributed by atoms with Crippen LogP contribution in [0.2, 0.25) is 0 Å². The molecule has 0 aromatic carbocycles. The molecular formula is C15H20O4. The van der Waals surface area contributed by atoms with Gasteiger partial charge in [0.05, 0.1) is 0 Å². The zero-order valence-corrected chi connectivity index (χ0v) is 11.2.